The SMILES string of the molecule is CC[C@H](C)NC(=O)CSc1nc2sc3c(c2c(=O)n1-c1ccccc1)CC[C@H](C)C3. The zero-order valence-corrected chi connectivity index (χ0v) is 19.2. The van der Waals surface area contributed by atoms with Crippen LogP contribution in [-0.2, 0) is 17.6 Å². The van der Waals surface area contributed by atoms with E-state index in [4.69, 9.17) is 4.98 Å². The van der Waals surface area contributed by atoms with Gasteiger partial charge in [-0.15, -0.1) is 11.3 Å². The van der Waals surface area contributed by atoms with Gasteiger partial charge in [-0.05, 0) is 56.2 Å². The van der Waals surface area contributed by atoms with E-state index in [9.17, 15) is 9.59 Å². The Morgan fingerprint density at radius 2 is 2.13 bits per heavy atom. The molecule has 7 heteroatoms. The van der Waals surface area contributed by atoms with E-state index in [1.54, 1.807) is 15.9 Å². The normalized spacial score (nSPS) is 17.0. The minimum atomic E-state index is -0.0393. The molecule has 0 bridgehead atoms. The molecular formula is C23H27N3O2S2. The number of amides is 1. The van der Waals surface area contributed by atoms with E-state index in [1.807, 2.05) is 44.2 Å². The van der Waals surface area contributed by atoms with Crippen molar-refractivity contribution in [2.24, 2.45) is 5.92 Å². The molecule has 1 aromatic carbocycles. The largest absolute Gasteiger partial charge is 0.353 e. The van der Waals surface area contributed by atoms with Crippen molar-refractivity contribution in [1.82, 2.24) is 14.9 Å². The van der Waals surface area contributed by atoms with Gasteiger partial charge in [-0.3, -0.25) is 14.2 Å². The number of nitrogens with zero attached hydrogens (tertiary/aromatic N) is 2. The first kappa shape index (κ1) is 21.1. The van der Waals surface area contributed by atoms with E-state index < -0.39 is 0 Å². The van der Waals surface area contributed by atoms with Crippen LogP contribution in [0.1, 0.15) is 44.1 Å². The molecular weight excluding hydrogens is 414 g/mol. The van der Waals surface area contributed by atoms with Gasteiger partial charge in [0.05, 0.1) is 16.8 Å². The van der Waals surface area contributed by atoms with E-state index >= 15 is 0 Å². The second-order valence-electron chi connectivity index (χ2n) is 8.07. The van der Waals surface area contributed by atoms with Crippen LogP contribution in [0.4, 0.5) is 0 Å². The van der Waals surface area contributed by atoms with Crippen LogP contribution in [0.15, 0.2) is 40.3 Å². The first-order chi connectivity index (χ1) is 14.5. The highest BCUT2D eigenvalue weighted by molar-refractivity contribution is 7.99. The number of aromatic nitrogens is 2. The number of benzene rings is 1. The topological polar surface area (TPSA) is 64.0 Å². The Kier molecular flexibility index (Phi) is 6.29. The van der Waals surface area contributed by atoms with Crippen molar-refractivity contribution in [2.75, 3.05) is 5.75 Å². The van der Waals surface area contributed by atoms with E-state index in [-0.39, 0.29) is 23.3 Å². The van der Waals surface area contributed by atoms with Gasteiger partial charge in [0, 0.05) is 10.9 Å². The van der Waals surface area contributed by atoms with Crippen LogP contribution < -0.4 is 10.9 Å². The summed E-state index contributed by atoms with van der Waals surface area (Å²) in [6, 6.07) is 9.73. The summed E-state index contributed by atoms with van der Waals surface area (Å²) in [5.41, 5.74) is 1.94. The van der Waals surface area contributed by atoms with Crippen molar-refractivity contribution in [2.45, 2.75) is 57.7 Å². The van der Waals surface area contributed by atoms with Crippen LogP contribution in [0.3, 0.4) is 0 Å². The fraction of sp³-hybridized carbons (Fsp3) is 0.435. The Balaban J connectivity index is 1.78. The van der Waals surface area contributed by atoms with Gasteiger partial charge in [-0.2, -0.15) is 0 Å². The number of nitrogens with one attached hydrogen (secondary N) is 1. The van der Waals surface area contributed by atoms with Gasteiger partial charge in [-0.25, -0.2) is 4.98 Å². The lowest BCUT2D eigenvalue weighted by Gasteiger charge is -2.18. The number of thiophene rings is 1. The summed E-state index contributed by atoms with van der Waals surface area (Å²) in [5, 5.41) is 4.32. The summed E-state index contributed by atoms with van der Waals surface area (Å²) >= 11 is 2.97. The molecule has 1 amide bonds. The molecule has 1 N–H and O–H groups in total. The summed E-state index contributed by atoms with van der Waals surface area (Å²) < 4.78 is 1.68. The summed E-state index contributed by atoms with van der Waals surface area (Å²) in [5.74, 6) is 0.833. The fourth-order valence-electron chi connectivity index (χ4n) is 3.82. The summed E-state index contributed by atoms with van der Waals surface area (Å²) in [6.07, 6.45) is 3.94. The van der Waals surface area contributed by atoms with Crippen LogP contribution in [-0.4, -0.2) is 27.3 Å². The predicted molar refractivity (Wildman–Crippen MR) is 125 cm³/mol. The lowest BCUT2D eigenvalue weighted by molar-refractivity contribution is -0.119. The molecule has 2 atom stereocenters. The summed E-state index contributed by atoms with van der Waals surface area (Å²) in [6.45, 7) is 6.30. The molecule has 0 saturated carbocycles. The molecule has 158 valence electrons. The molecule has 30 heavy (non-hydrogen) atoms. The molecule has 0 saturated heterocycles. The molecule has 0 radical (unpaired) electrons. The number of carbonyl (C=O) groups is 1. The van der Waals surface area contributed by atoms with Crippen molar-refractivity contribution in [3.8, 4) is 5.69 Å². The third-order valence-electron chi connectivity index (χ3n) is 5.67. The number of para-hydroxylation sites is 1. The van der Waals surface area contributed by atoms with E-state index in [2.05, 4.69) is 12.2 Å². The third-order valence-corrected chi connectivity index (χ3v) is 7.75. The molecule has 3 aromatic rings. The Morgan fingerprint density at radius 3 is 2.87 bits per heavy atom. The van der Waals surface area contributed by atoms with Crippen LogP contribution in [0.25, 0.3) is 15.9 Å². The van der Waals surface area contributed by atoms with Crippen molar-refractivity contribution in [3.05, 3.63) is 51.1 Å². The number of thioether (sulfide) groups is 1. The second-order valence-corrected chi connectivity index (χ2v) is 10.1. The van der Waals surface area contributed by atoms with E-state index in [1.165, 1.54) is 22.2 Å². The molecule has 2 heterocycles. The maximum atomic E-state index is 13.6. The molecule has 0 unspecified atom stereocenters. The highest BCUT2D eigenvalue weighted by atomic mass is 32.2. The first-order valence-corrected chi connectivity index (χ1v) is 12.3. The first-order valence-electron chi connectivity index (χ1n) is 10.5. The lowest BCUT2D eigenvalue weighted by atomic mass is 9.89. The molecule has 0 aliphatic heterocycles. The van der Waals surface area contributed by atoms with Gasteiger partial charge in [0.15, 0.2) is 5.16 Å². The van der Waals surface area contributed by atoms with Gasteiger partial charge in [0.2, 0.25) is 5.91 Å². The van der Waals surface area contributed by atoms with Crippen molar-refractivity contribution < 1.29 is 4.79 Å². The number of aryl methyl sites for hydroxylation is 1. The molecule has 1 aliphatic carbocycles. The Morgan fingerprint density at radius 1 is 1.37 bits per heavy atom. The molecule has 0 spiro atoms. The molecule has 4 rings (SSSR count). The molecule has 5 nitrogen and oxygen atoms in total. The van der Waals surface area contributed by atoms with Crippen LogP contribution in [0, 0.1) is 5.92 Å². The van der Waals surface area contributed by atoms with Gasteiger partial charge in [0.1, 0.15) is 4.83 Å². The Hall–Kier alpha value is -2.12. The summed E-state index contributed by atoms with van der Waals surface area (Å²) in [7, 11) is 0. The molecule has 0 fully saturated rings. The minimum absolute atomic E-state index is 0.0249. The van der Waals surface area contributed by atoms with Crippen LogP contribution >= 0.6 is 23.1 Å². The van der Waals surface area contributed by atoms with E-state index in [0.717, 1.165) is 41.6 Å². The van der Waals surface area contributed by atoms with Crippen molar-refractivity contribution in [3.63, 3.8) is 0 Å². The second kappa shape index (κ2) is 8.94. The number of fused-ring (bicyclic) bond motifs is 3. The zero-order chi connectivity index (χ0) is 21.3. The smallest absolute Gasteiger partial charge is 0.267 e. The van der Waals surface area contributed by atoms with Gasteiger partial charge in [-0.1, -0.05) is 43.8 Å². The fourth-order valence-corrected chi connectivity index (χ4v) is 6.07. The average molecular weight is 442 g/mol. The van der Waals surface area contributed by atoms with Crippen molar-refractivity contribution in [1.29, 1.82) is 0 Å². The predicted octanol–water partition coefficient (Wildman–Crippen LogP) is 4.58. The number of hydrogen-bond acceptors (Lipinski definition) is 5. The quantitative estimate of drug-likeness (QED) is 0.449. The standard InChI is InChI=1S/C23H27N3O2S2/c1-4-15(3)24-19(27)13-29-23-25-21-20(17-11-10-14(2)12-18(17)30-21)22(28)26(23)16-8-6-5-7-9-16/h5-9,14-15H,4,10-13H2,1-3H3,(H,24,27)/t14-,15-/m0/s1. The number of hydrogen-bond donors (Lipinski definition) is 1. The summed E-state index contributed by atoms with van der Waals surface area (Å²) in [4.78, 5) is 33.0. The average Bonchev–Trinajstić information content (AvgIpc) is 3.10. The number of rotatable bonds is 6. The van der Waals surface area contributed by atoms with Crippen LogP contribution in [0.2, 0.25) is 0 Å². The van der Waals surface area contributed by atoms with Gasteiger partial charge in [0.25, 0.3) is 5.56 Å². The van der Waals surface area contributed by atoms with Crippen molar-refractivity contribution >= 4 is 39.2 Å². The van der Waals surface area contributed by atoms with E-state index in [0.29, 0.717) is 11.1 Å². The number of carbonyl (C=O) groups excluding carboxylic acids is 1. The zero-order valence-electron chi connectivity index (χ0n) is 17.6. The Bertz CT molecular complexity index is 1120. The molecule has 1 aliphatic rings. The third kappa shape index (κ3) is 4.18. The highest BCUT2D eigenvalue weighted by Crippen LogP contribution is 2.36. The molecule has 2 aromatic heterocycles. The van der Waals surface area contributed by atoms with Gasteiger partial charge < -0.3 is 5.32 Å². The monoisotopic (exact) mass is 441 g/mol. The maximum absolute atomic E-state index is 13.6. The van der Waals surface area contributed by atoms with Crippen LogP contribution in [0.5, 0.6) is 0 Å². The van der Waals surface area contributed by atoms with Gasteiger partial charge >= 0.3 is 0 Å². The maximum Gasteiger partial charge on any atom is 0.267 e. The Labute approximate surface area is 184 Å². The lowest BCUT2D eigenvalue weighted by Crippen LogP contribution is -2.33. The highest BCUT2D eigenvalue weighted by Gasteiger charge is 2.25. The minimum Gasteiger partial charge on any atom is -0.353 e.